The van der Waals surface area contributed by atoms with E-state index in [-0.39, 0.29) is 41.6 Å². The number of Topliss-reactive ketones (excluding diaryl/α,β-unsaturated/α-hetero) is 1. The Morgan fingerprint density at radius 2 is 1.58 bits per heavy atom. The summed E-state index contributed by atoms with van der Waals surface area (Å²) in [5, 5.41) is 0. The lowest BCUT2D eigenvalue weighted by Crippen LogP contribution is -2.30. The maximum Gasteiger partial charge on any atom is 0.338 e. The molecule has 1 heterocycles. The number of amides is 2. The second kappa shape index (κ2) is 8.59. The summed E-state index contributed by atoms with van der Waals surface area (Å²) >= 11 is 3.30. The first-order valence-corrected chi connectivity index (χ1v) is 10.7. The van der Waals surface area contributed by atoms with Gasteiger partial charge in [-0.3, -0.25) is 19.3 Å². The third-order valence-electron chi connectivity index (χ3n) is 5.68. The second-order valence-electron chi connectivity index (χ2n) is 7.77. The summed E-state index contributed by atoms with van der Waals surface area (Å²) in [6.45, 7) is 1.60. The molecule has 0 radical (unpaired) electrons. The van der Waals surface area contributed by atoms with E-state index in [0.717, 1.165) is 10.0 Å². The summed E-state index contributed by atoms with van der Waals surface area (Å²) in [4.78, 5) is 51.2. The van der Waals surface area contributed by atoms with Crippen LogP contribution >= 0.6 is 15.9 Å². The van der Waals surface area contributed by atoms with E-state index >= 15 is 0 Å². The van der Waals surface area contributed by atoms with Crippen LogP contribution in [0.5, 0.6) is 0 Å². The number of allylic oxidation sites excluding steroid dienone is 2. The van der Waals surface area contributed by atoms with E-state index in [1.54, 1.807) is 36.4 Å². The molecule has 2 aromatic carbocycles. The molecule has 7 heteroatoms. The van der Waals surface area contributed by atoms with Crippen molar-refractivity contribution in [3.05, 3.63) is 75.8 Å². The number of imide groups is 1. The van der Waals surface area contributed by atoms with Crippen LogP contribution in [0.1, 0.15) is 40.5 Å². The molecule has 4 rings (SSSR count). The second-order valence-corrected chi connectivity index (χ2v) is 8.68. The molecule has 2 atom stereocenters. The van der Waals surface area contributed by atoms with Crippen LogP contribution < -0.4 is 4.90 Å². The van der Waals surface area contributed by atoms with Gasteiger partial charge in [0.1, 0.15) is 0 Å². The minimum Gasteiger partial charge on any atom is -0.454 e. The smallest absolute Gasteiger partial charge is 0.338 e. The Morgan fingerprint density at radius 3 is 2.26 bits per heavy atom. The Kier molecular flexibility index (Phi) is 5.87. The zero-order valence-corrected chi connectivity index (χ0v) is 18.4. The lowest BCUT2D eigenvalue weighted by Gasteiger charge is -2.18. The van der Waals surface area contributed by atoms with Crippen LogP contribution in [0.2, 0.25) is 0 Å². The Hall–Kier alpha value is -3.06. The molecule has 0 saturated carbocycles. The highest BCUT2D eigenvalue weighted by molar-refractivity contribution is 9.10. The number of fused-ring (bicyclic) bond motifs is 1. The van der Waals surface area contributed by atoms with E-state index in [9.17, 15) is 19.2 Å². The molecular formula is C24H20BrNO5. The molecule has 6 nitrogen and oxygen atoms in total. The predicted octanol–water partition coefficient (Wildman–Crippen LogP) is 4.33. The number of carbonyl (C=O) groups excluding carboxylic acids is 4. The SMILES string of the molecule is CC1=CCC2C(=O)N(c3ccc(C(=O)OCC(=O)c4ccc(Br)cc4)cc3)C(=O)C2C1. The molecule has 2 aromatic rings. The molecule has 2 unspecified atom stereocenters. The number of nitrogens with zero attached hydrogens (tertiary/aromatic N) is 1. The lowest BCUT2D eigenvalue weighted by molar-refractivity contribution is -0.122. The Bertz CT molecular complexity index is 1090. The van der Waals surface area contributed by atoms with Gasteiger partial charge in [0.05, 0.1) is 23.1 Å². The largest absolute Gasteiger partial charge is 0.454 e. The number of anilines is 1. The fraction of sp³-hybridized carbons (Fsp3) is 0.250. The molecule has 0 spiro atoms. The molecule has 2 amide bonds. The van der Waals surface area contributed by atoms with Gasteiger partial charge in [-0.2, -0.15) is 0 Å². The van der Waals surface area contributed by atoms with Gasteiger partial charge < -0.3 is 4.74 Å². The van der Waals surface area contributed by atoms with Crippen molar-refractivity contribution in [2.24, 2.45) is 11.8 Å². The van der Waals surface area contributed by atoms with Crippen LogP contribution in [0.15, 0.2) is 64.7 Å². The zero-order chi connectivity index (χ0) is 22.1. The van der Waals surface area contributed by atoms with Gasteiger partial charge in [0.15, 0.2) is 12.4 Å². The summed E-state index contributed by atoms with van der Waals surface area (Å²) in [6.07, 6.45) is 3.20. The number of benzene rings is 2. The molecule has 31 heavy (non-hydrogen) atoms. The molecule has 0 N–H and O–H groups in total. The number of halogens is 1. The summed E-state index contributed by atoms with van der Waals surface area (Å²) in [7, 11) is 0. The van der Waals surface area contributed by atoms with Crippen molar-refractivity contribution in [3.8, 4) is 0 Å². The van der Waals surface area contributed by atoms with Crippen LogP contribution in [-0.2, 0) is 14.3 Å². The van der Waals surface area contributed by atoms with Crippen LogP contribution in [0, 0.1) is 11.8 Å². The van der Waals surface area contributed by atoms with Crippen LogP contribution in [-0.4, -0.2) is 30.2 Å². The minimum absolute atomic E-state index is 0.196. The summed E-state index contributed by atoms with van der Waals surface area (Å²) in [5.41, 5.74) is 2.24. The summed E-state index contributed by atoms with van der Waals surface area (Å²) in [5.74, 6) is -1.98. The van der Waals surface area contributed by atoms with E-state index in [4.69, 9.17) is 4.74 Å². The highest BCUT2D eigenvalue weighted by atomic mass is 79.9. The maximum atomic E-state index is 12.8. The normalized spacial score (nSPS) is 20.3. The maximum absolute atomic E-state index is 12.8. The Labute approximate surface area is 188 Å². The number of rotatable bonds is 5. The summed E-state index contributed by atoms with van der Waals surface area (Å²) < 4.78 is 5.97. The van der Waals surface area contributed by atoms with Gasteiger partial charge in [-0.1, -0.05) is 39.7 Å². The van der Waals surface area contributed by atoms with Crippen molar-refractivity contribution in [2.75, 3.05) is 11.5 Å². The zero-order valence-electron chi connectivity index (χ0n) is 16.8. The van der Waals surface area contributed by atoms with Gasteiger partial charge >= 0.3 is 5.97 Å². The van der Waals surface area contributed by atoms with Gasteiger partial charge in [0, 0.05) is 10.0 Å². The standard InChI is InChI=1S/C24H20BrNO5/c1-14-2-11-19-20(12-14)23(29)26(22(19)28)18-9-5-16(6-10-18)24(30)31-13-21(27)15-3-7-17(25)8-4-15/h2-10,19-20H,11-13H2,1H3. The van der Waals surface area contributed by atoms with Gasteiger partial charge in [-0.25, -0.2) is 4.79 Å². The summed E-state index contributed by atoms with van der Waals surface area (Å²) in [6, 6.07) is 12.9. The minimum atomic E-state index is -0.649. The first kappa shape index (κ1) is 21.2. The molecule has 1 aliphatic carbocycles. The Morgan fingerprint density at radius 1 is 0.968 bits per heavy atom. The number of hydrogen-bond acceptors (Lipinski definition) is 5. The van der Waals surface area contributed by atoms with E-state index < -0.39 is 5.97 Å². The third kappa shape index (κ3) is 4.23. The molecule has 1 fully saturated rings. The highest BCUT2D eigenvalue weighted by Crippen LogP contribution is 2.39. The number of ketones is 1. The molecular weight excluding hydrogens is 462 g/mol. The van der Waals surface area contributed by atoms with Gasteiger partial charge in [0.25, 0.3) is 0 Å². The van der Waals surface area contributed by atoms with Gasteiger partial charge in [0.2, 0.25) is 11.8 Å². The van der Waals surface area contributed by atoms with E-state index in [2.05, 4.69) is 15.9 Å². The quantitative estimate of drug-likeness (QED) is 0.274. The van der Waals surface area contributed by atoms with Crippen molar-refractivity contribution in [2.45, 2.75) is 19.8 Å². The molecule has 2 aliphatic rings. The van der Waals surface area contributed by atoms with Crippen LogP contribution in [0.25, 0.3) is 0 Å². The molecule has 1 aliphatic heterocycles. The topological polar surface area (TPSA) is 80.8 Å². The number of hydrogen-bond donors (Lipinski definition) is 0. The van der Waals surface area contributed by atoms with Gasteiger partial charge in [-0.15, -0.1) is 0 Å². The molecule has 1 saturated heterocycles. The molecule has 0 aromatic heterocycles. The number of ether oxygens (including phenoxy) is 1. The van der Waals surface area contributed by atoms with Crippen molar-refractivity contribution in [1.29, 1.82) is 0 Å². The van der Waals surface area contributed by atoms with Crippen molar-refractivity contribution in [3.63, 3.8) is 0 Å². The first-order chi connectivity index (χ1) is 14.8. The van der Waals surface area contributed by atoms with Crippen molar-refractivity contribution >= 4 is 45.2 Å². The monoisotopic (exact) mass is 481 g/mol. The van der Waals surface area contributed by atoms with Crippen LogP contribution in [0.3, 0.4) is 0 Å². The average Bonchev–Trinajstić information content (AvgIpc) is 3.02. The van der Waals surface area contributed by atoms with Crippen molar-refractivity contribution < 1.29 is 23.9 Å². The van der Waals surface area contributed by atoms with Crippen molar-refractivity contribution in [1.82, 2.24) is 0 Å². The fourth-order valence-corrected chi connectivity index (χ4v) is 4.24. The third-order valence-corrected chi connectivity index (χ3v) is 6.21. The van der Waals surface area contributed by atoms with E-state index in [0.29, 0.717) is 24.1 Å². The predicted molar refractivity (Wildman–Crippen MR) is 118 cm³/mol. The molecule has 0 bridgehead atoms. The highest BCUT2D eigenvalue weighted by Gasteiger charge is 2.48. The molecule has 158 valence electrons. The van der Waals surface area contributed by atoms with Gasteiger partial charge in [-0.05, 0) is 56.2 Å². The lowest BCUT2D eigenvalue weighted by atomic mass is 9.82. The fourth-order valence-electron chi connectivity index (χ4n) is 3.97. The van der Waals surface area contributed by atoms with Crippen LogP contribution in [0.4, 0.5) is 5.69 Å². The average molecular weight is 482 g/mol. The first-order valence-electron chi connectivity index (χ1n) is 9.94. The van der Waals surface area contributed by atoms with E-state index in [1.807, 2.05) is 13.0 Å². The number of carbonyl (C=O) groups is 4. The Balaban J connectivity index is 1.40. The number of esters is 1. The van der Waals surface area contributed by atoms with E-state index in [1.165, 1.54) is 17.0 Å².